The number of aromatic nitrogens is 1. The summed E-state index contributed by atoms with van der Waals surface area (Å²) in [5.74, 6) is 0.766. The summed E-state index contributed by atoms with van der Waals surface area (Å²) >= 11 is 6.26. The number of nitrogens with zero attached hydrogens (tertiary/aromatic N) is 2. The SMILES string of the molecule is CNC(C)C(=O)NC(C(=O)N1CCCC1c1ccnc(-c2cc(Cl)ccc2OC)c1)C1CCCCC1. The Morgan fingerprint density at radius 3 is 2.61 bits per heavy atom. The van der Waals surface area contributed by atoms with Gasteiger partial charge in [-0.05, 0) is 81.5 Å². The summed E-state index contributed by atoms with van der Waals surface area (Å²) in [5.41, 5.74) is 2.60. The second-order valence-electron chi connectivity index (χ2n) is 9.90. The highest BCUT2D eigenvalue weighted by molar-refractivity contribution is 6.31. The van der Waals surface area contributed by atoms with Crippen molar-refractivity contribution in [1.82, 2.24) is 20.5 Å². The highest BCUT2D eigenvalue weighted by Crippen LogP contribution is 2.37. The largest absolute Gasteiger partial charge is 0.496 e. The molecule has 2 heterocycles. The molecule has 194 valence electrons. The molecule has 0 spiro atoms. The number of rotatable bonds is 8. The number of hydrogen-bond acceptors (Lipinski definition) is 5. The van der Waals surface area contributed by atoms with Gasteiger partial charge in [0.05, 0.1) is 24.9 Å². The van der Waals surface area contributed by atoms with Crippen LogP contribution in [0.2, 0.25) is 5.02 Å². The number of methoxy groups -OCH3 is 1. The van der Waals surface area contributed by atoms with Crippen molar-refractivity contribution in [3.05, 3.63) is 47.1 Å². The van der Waals surface area contributed by atoms with Crippen molar-refractivity contribution < 1.29 is 14.3 Å². The number of carbonyl (C=O) groups excluding carboxylic acids is 2. The summed E-state index contributed by atoms with van der Waals surface area (Å²) < 4.78 is 5.54. The Bertz CT molecular complexity index is 1070. The van der Waals surface area contributed by atoms with E-state index in [0.717, 1.165) is 55.3 Å². The van der Waals surface area contributed by atoms with E-state index in [9.17, 15) is 9.59 Å². The van der Waals surface area contributed by atoms with Crippen LogP contribution < -0.4 is 15.4 Å². The summed E-state index contributed by atoms with van der Waals surface area (Å²) in [6.45, 7) is 2.50. The molecule has 0 bridgehead atoms. The highest BCUT2D eigenvalue weighted by Gasteiger charge is 2.39. The van der Waals surface area contributed by atoms with E-state index in [0.29, 0.717) is 17.3 Å². The molecule has 1 aromatic heterocycles. The van der Waals surface area contributed by atoms with Gasteiger partial charge in [0, 0.05) is 23.3 Å². The minimum absolute atomic E-state index is 0.0275. The van der Waals surface area contributed by atoms with Crippen molar-refractivity contribution in [3.8, 4) is 17.0 Å². The average Bonchev–Trinajstić information content (AvgIpc) is 3.41. The molecule has 1 saturated heterocycles. The summed E-state index contributed by atoms with van der Waals surface area (Å²) in [5, 5.41) is 6.70. The quantitative estimate of drug-likeness (QED) is 0.533. The number of hydrogen-bond donors (Lipinski definition) is 2. The van der Waals surface area contributed by atoms with Crippen LogP contribution in [0.15, 0.2) is 36.5 Å². The molecule has 1 aliphatic heterocycles. The normalized spacial score (nSPS) is 20.1. The molecule has 1 saturated carbocycles. The second kappa shape index (κ2) is 12.1. The van der Waals surface area contributed by atoms with Crippen LogP contribution in [0.5, 0.6) is 5.75 Å². The molecule has 2 aliphatic rings. The first-order valence-corrected chi connectivity index (χ1v) is 13.4. The maximum atomic E-state index is 14.0. The number of ether oxygens (including phenoxy) is 1. The molecule has 4 rings (SSSR count). The third-order valence-corrected chi connectivity index (χ3v) is 7.89. The first kappa shape index (κ1) is 26.4. The molecule has 2 N–H and O–H groups in total. The Balaban J connectivity index is 1.61. The smallest absolute Gasteiger partial charge is 0.245 e. The molecular formula is C28H37ClN4O3. The minimum atomic E-state index is -0.497. The van der Waals surface area contributed by atoms with Gasteiger partial charge >= 0.3 is 0 Å². The van der Waals surface area contributed by atoms with E-state index < -0.39 is 6.04 Å². The molecule has 0 radical (unpaired) electrons. The number of halogens is 1. The lowest BCUT2D eigenvalue weighted by atomic mass is 9.83. The van der Waals surface area contributed by atoms with E-state index in [-0.39, 0.29) is 29.8 Å². The zero-order chi connectivity index (χ0) is 25.7. The van der Waals surface area contributed by atoms with Crippen LogP contribution in [0.3, 0.4) is 0 Å². The van der Waals surface area contributed by atoms with Crippen LogP contribution in [-0.2, 0) is 9.59 Å². The van der Waals surface area contributed by atoms with Crippen LogP contribution >= 0.6 is 11.6 Å². The van der Waals surface area contributed by atoms with Gasteiger partial charge in [0.2, 0.25) is 11.8 Å². The van der Waals surface area contributed by atoms with E-state index in [1.807, 2.05) is 36.1 Å². The van der Waals surface area contributed by atoms with Crippen molar-refractivity contribution in [3.63, 3.8) is 0 Å². The standard InChI is InChI=1S/C28H37ClN4O3/c1-18(30-2)27(34)32-26(19-8-5-4-6-9-19)28(35)33-15-7-10-24(33)20-13-14-31-23(16-20)22-17-21(29)11-12-25(22)36-3/h11-14,16-19,24,26,30H,4-10,15H2,1-3H3,(H,32,34). The van der Waals surface area contributed by atoms with Gasteiger partial charge in [-0.15, -0.1) is 0 Å². The lowest BCUT2D eigenvalue weighted by Crippen LogP contribution is -2.55. The first-order chi connectivity index (χ1) is 17.4. The maximum absolute atomic E-state index is 14.0. The first-order valence-electron chi connectivity index (χ1n) is 13.0. The van der Waals surface area contributed by atoms with Crippen LogP contribution in [-0.4, -0.2) is 54.5 Å². The molecule has 36 heavy (non-hydrogen) atoms. The van der Waals surface area contributed by atoms with Crippen LogP contribution in [0.1, 0.15) is 63.5 Å². The van der Waals surface area contributed by atoms with Crippen molar-refractivity contribution in [2.75, 3.05) is 20.7 Å². The minimum Gasteiger partial charge on any atom is -0.496 e. The zero-order valence-electron chi connectivity index (χ0n) is 21.4. The summed E-state index contributed by atoms with van der Waals surface area (Å²) in [6.07, 6.45) is 8.91. The molecule has 2 aromatic rings. The molecule has 8 heteroatoms. The van der Waals surface area contributed by atoms with Crippen molar-refractivity contribution >= 4 is 23.4 Å². The molecule has 7 nitrogen and oxygen atoms in total. The van der Waals surface area contributed by atoms with E-state index in [1.165, 1.54) is 6.42 Å². The Kier molecular flexibility index (Phi) is 8.86. The monoisotopic (exact) mass is 512 g/mol. The van der Waals surface area contributed by atoms with Crippen LogP contribution in [0.4, 0.5) is 0 Å². The zero-order valence-corrected chi connectivity index (χ0v) is 22.2. The molecule has 3 unspecified atom stereocenters. The Hall–Kier alpha value is -2.64. The van der Waals surface area contributed by atoms with Gasteiger partial charge in [0.1, 0.15) is 11.8 Å². The molecule has 2 amide bonds. The summed E-state index contributed by atoms with van der Waals surface area (Å²) in [4.78, 5) is 33.4. The number of pyridine rings is 1. The number of nitrogens with one attached hydrogen (secondary N) is 2. The maximum Gasteiger partial charge on any atom is 0.245 e. The number of likely N-dealkylation sites (tertiary alicyclic amines) is 1. The summed E-state index contributed by atoms with van der Waals surface area (Å²) in [6, 6.07) is 8.57. The fourth-order valence-corrected chi connectivity index (χ4v) is 5.67. The van der Waals surface area contributed by atoms with E-state index in [2.05, 4.69) is 15.6 Å². The van der Waals surface area contributed by atoms with Gasteiger partial charge in [-0.2, -0.15) is 0 Å². The highest BCUT2D eigenvalue weighted by atomic mass is 35.5. The van der Waals surface area contributed by atoms with Crippen LogP contribution in [0.25, 0.3) is 11.3 Å². The van der Waals surface area contributed by atoms with E-state index in [1.54, 1.807) is 26.4 Å². The summed E-state index contributed by atoms with van der Waals surface area (Å²) in [7, 11) is 3.39. The second-order valence-corrected chi connectivity index (χ2v) is 10.3. The van der Waals surface area contributed by atoms with Gasteiger partial charge < -0.3 is 20.3 Å². The van der Waals surface area contributed by atoms with Gasteiger partial charge in [0.25, 0.3) is 0 Å². The third-order valence-electron chi connectivity index (χ3n) is 7.65. The lowest BCUT2D eigenvalue weighted by Gasteiger charge is -2.35. The van der Waals surface area contributed by atoms with Crippen molar-refractivity contribution in [1.29, 1.82) is 0 Å². The lowest BCUT2D eigenvalue weighted by molar-refractivity contribution is -0.139. The number of likely N-dealkylation sites (N-methyl/N-ethyl adjacent to an activating group) is 1. The average molecular weight is 513 g/mol. The third kappa shape index (κ3) is 5.84. The Labute approximate surface area is 218 Å². The number of amides is 2. The Morgan fingerprint density at radius 1 is 1.11 bits per heavy atom. The predicted molar refractivity (Wildman–Crippen MR) is 142 cm³/mol. The molecule has 3 atom stereocenters. The van der Waals surface area contributed by atoms with Gasteiger partial charge in [-0.25, -0.2) is 0 Å². The molecule has 2 fully saturated rings. The van der Waals surface area contributed by atoms with Crippen molar-refractivity contribution in [2.45, 2.75) is 70.0 Å². The number of benzene rings is 1. The predicted octanol–water partition coefficient (Wildman–Crippen LogP) is 4.75. The fraction of sp³-hybridized carbons (Fsp3) is 0.536. The van der Waals surface area contributed by atoms with E-state index >= 15 is 0 Å². The van der Waals surface area contributed by atoms with Gasteiger partial charge in [-0.3, -0.25) is 14.6 Å². The number of carbonyl (C=O) groups is 2. The van der Waals surface area contributed by atoms with E-state index in [4.69, 9.17) is 16.3 Å². The van der Waals surface area contributed by atoms with Gasteiger partial charge in [0.15, 0.2) is 0 Å². The fourth-order valence-electron chi connectivity index (χ4n) is 5.50. The molecule has 1 aliphatic carbocycles. The molecule has 1 aromatic carbocycles. The Morgan fingerprint density at radius 2 is 1.89 bits per heavy atom. The van der Waals surface area contributed by atoms with Crippen LogP contribution in [0, 0.1) is 5.92 Å². The van der Waals surface area contributed by atoms with Crippen molar-refractivity contribution in [2.24, 2.45) is 5.92 Å². The topological polar surface area (TPSA) is 83.6 Å². The molecular weight excluding hydrogens is 476 g/mol. The van der Waals surface area contributed by atoms with Gasteiger partial charge in [-0.1, -0.05) is 30.9 Å².